The first-order valence-electron chi connectivity index (χ1n) is 11.9. The maximum Gasteiger partial charge on any atom is 0.305 e. The van der Waals surface area contributed by atoms with E-state index in [2.05, 4.69) is 20.8 Å². The van der Waals surface area contributed by atoms with Crippen LogP contribution in [0.1, 0.15) is 91.4 Å². The van der Waals surface area contributed by atoms with E-state index in [1.807, 2.05) is 0 Å². The molecule has 4 aliphatic carbocycles. The van der Waals surface area contributed by atoms with Gasteiger partial charge in [0.1, 0.15) is 5.78 Å². The largest absolute Gasteiger partial charge is 0.469 e. The molecule has 3 heteroatoms. The average molecular weight is 389 g/mol. The van der Waals surface area contributed by atoms with Crippen LogP contribution in [0.5, 0.6) is 0 Å². The highest BCUT2D eigenvalue weighted by atomic mass is 16.5. The first kappa shape index (κ1) is 20.4. The summed E-state index contributed by atoms with van der Waals surface area (Å²) < 4.78 is 4.87. The number of Topliss-reactive ketones (excluding diaryl/α,β-unsaturated/α-hetero) is 1. The summed E-state index contributed by atoms with van der Waals surface area (Å²) in [6, 6.07) is 0. The van der Waals surface area contributed by atoms with Gasteiger partial charge in [-0.25, -0.2) is 0 Å². The van der Waals surface area contributed by atoms with Gasteiger partial charge in [0.2, 0.25) is 0 Å². The fourth-order valence-corrected chi connectivity index (χ4v) is 8.67. The molecule has 8 unspecified atom stereocenters. The maximum atomic E-state index is 12.1. The van der Waals surface area contributed by atoms with Crippen LogP contribution < -0.4 is 0 Å². The number of ketones is 1. The molecule has 28 heavy (non-hydrogen) atoms. The molecule has 4 rings (SSSR count). The molecule has 8 atom stereocenters. The minimum absolute atomic E-state index is 0.0617. The number of carbonyl (C=O) groups is 2. The normalized spacial score (nSPS) is 46.3. The van der Waals surface area contributed by atoms with Crippen LogP contribution in [-0.4, -0.2) is 18.9 Å². The van der Waals surface area contributed by atoms with Crippen LogP contribution in [0.4, 0.5) is 0 Å². The second-order valence-electron chi connectivity index (χ2n) is 11.2. The van der Waals surface area contributed by atoms with Gasteiger partial charge in [0.15, 0.2) is 0 Å². The first-order valence-corrected chi connectivity index (χ1v) is 11.9. The molecule has 4 saturated carbocycles. The van der Waals surface area contributed by atoms with E-state index in [4.69, 9.17) is 4.74 Å². The van der Waals surface area contributed by atoms with Crippen LogP contribution in [0.25, 0.3) is 0 Å². The highest BCUT2D eigenvalue weighted by molar-refractivity contribution is 5.79. The molecule has 158 valence electrons. The molecule has 0 aromatic heterocycles. The van der Waals surface area contributed by atoms with Crippen LogP contribution in [0, 0.1) is 46.3 Å². The Bertz CT molecular complexity index is 627. The molecule has 0 aromatic rings. The van der Waals surface area contributed by atoms with Crippen molar-refractivity contribution in [1.82, 2.24) is 0 Å². The Kier molecular flexibility index (Phi) is 5.42. The lowest BCUT2D eigenvalue weighted by molar-refractivity contribution is -0.141. The van der Waals surface area contributed by atoms with Crippen molar-refractivity contribution in [3.63, 3.8) is 0 Å². The summed E-state index contributed by atoms with van der Waals surface area (Å²) in [6.45, 7) is 7.49. The van der Waals surface area contributed by atoms with Gasteiger partial charge in [0, 0.05) is 19.3 Å². The molecule has 0 heterocycles. The van der Waals surface area contributed by atoms with Crippen molar-refractivity contribution in [3.8, 4) is 0 Å². The Morgan fingerprint density at radius 3 is 2.57 bits per heavy atom. The third-order valence-corrected chi connectivity index (χ3v) is 10.3. The van der Waals surface area contributed by atoms with Gasteiger partial charge >= 0.3 is 5.97 Å². The van der Waals surface area contributed by atoms with Crippen LogP contribution >= 0.6 is 0 Å². The lowest BCUT2D eigenvalue weighted by atomic mass is 9.44. The Morgan fingerprint density at radius 1 is 1.07 bits per heavy atom. The number of fused-ring (bicyclic) bond motifs is 5. The number of rotatable bonds is 4. The van der Waals surface area contributed by atoms with E-state index in [0.29, 0.717) is 34.9 Å². The molecule has 0 aliphatic heterocycles. The van der Waals surface area contributed by atoms with Gasteiger partial charge < -0.3 is 4.74 Å². The van der Waals surface area contributed by atoms with Gasteiger partial charge in [-0.2, -0.15) is 0 Å². The molecule has 0 amide bonds. The molecule has 3 nitrogen and oxygen atoms in total. The highest BCUT2D eigenvalue weighted by Gasteiger charge is 2.60. The molecule has 0 N–H and O–H groups in total. The Balaban J connectivity index is 1.49. The van der Waals surface area contributed by atoms with Crippen LogP contribution in [0.3, 0.4) is 0 Å². The Hall–Kier alpha value is -0.860. The Morgan fingerprint density at radius 2 is 1.82 bits per heavy atom. The zero-order valence-electron chi connectivity index (χ0n) is 18.5. The van der Waals surface area contributed by atoms with Gasteiger partial charge in [0.25, 0.3) is 0 Å². The summed E-state index contributed by atoms with van der Waals surface area (Å²) in [5.74, 6) is 5.01. The third kappa shape index (κ3) is 3.16. The van der Waals surface area contributed by atoms with Crippen molar-refractivity contribution >= 4 is 11.8 Å². The molecular weight excluding hydrogens is 348 g/mol. The second kappa shape index (κ2) is 7.43. The molecule has 4 aliphatic rings. The highest BCUT2D eigenvalue weighted by Crippen LogP contribution is 2.68. The van der Waals surface area contributed by atoms with Crippen LogP contribution in [0.2, 0.25) is 0 Å². The zero-order chi connectivity index (χ0) is 20.1. The summed E-state index contributed by atoms with van der Waals surface area (Å²) in [6.07, 6.45) is 12.4. The molecule has 0 radical (unpaired) electrons. The summed E-state index contributed by atoms with van der Waals surface area (Å²) in [7, 11) is 1.50. The molecule has 0 bridgehead atoms. The summed E-state index contributed by atoms with van der Waals surface area (Å²) in [5.41, 5.74) is 0.858. The van der Waals surface area contributed by atoms with E-state index < -0.39 is 0 Å². The fraction of sp³-hybridized carbons (Fsp3) is 0.920. The van der Waals surface area contributed by atoms with Gasteiger partial charge in [0.05, 0.1) is 7.11 Å². The van der Waals surface area contributed by atoms with E-state index in [0.717, 1.165) is 49.4 Å². The van der Waals surface area contributed by atoms with Crippen molar-refractivity contribution in [3.05, 3.63) is 0 Å². The monoisotopic (exact) mass is 388 g/mol. The predicted molar refractivity (Wildman–Crippen MR) is 111 cm³/mol. The number of carbonyl (C=O) groups excluding carboxylic acids is 2. The standard InChI is InChI=1S/C25H40O3/c1-16(5-10-23(27)28-4)20-8-9-21-19-7-6-17-15-18(26)11-13-24(17,2)22(19)12-14-25(20,21)3/h16-17,19-22H,5-15H2,1-4H3. The zero-order valence-corrected chi connectivity index (χ0v) is 18.5. The summed E-state index contributed by atoms with van der Waals surface area (Å²) >= 11 is 0. The van der Waals surface area contributed by atoms with E-state index in [-0.39, 0.29) is 5.97 Å². The molecule has 0 spiro atoms. The number of hydrogen-bond acceptors (Lipinski definition) is 3. The maximum absolute atomic E-state index is 12.1. The summed E-state index contributed by atoms with van der Waals surface area (Å²) in [5, 5.41) is 0. The van der Waals surface area contributed by atoms with Gasteiger partial charge in [-0.15, -0.1) is 0 Å². The molecule has 0 aromatic carbocycles. The lowest BCUT2D eigenvalue weighted by Crippen LogP contribution is -2.53. The topological polar surface area (TPSA) is 43.4 Å². The Labute approximate surface area is 171 Å². The summed E-state index contributed by atoms with van der Waals surface area (Å²) in [4.78, 5) is 23.7. The number of ether oxygens (including phenoxy) is 1. The third-order valence-electron chi connectivity index (χ3n) is 10.3. The van der Waals surface area contributed by atoms with Gasteiger partial charge in [-0.3, -0.25) is 9.59 Å². The van der Waals surface area contributed by atoms with E-state index in [1.54, 1.807) is 0 Å². The molecule has 4 fully saturated rings. The van der Waals surface area contributed by atoms with E-state index in [1.165, 1.54) is 45.6 Å². The second-order valence-corrected chi connectivity index (χ2v) is 11.2. The van der Waals surface area contributed by atoms with Crippen LogP contribution in [0.15, 0.2) is 0 Å². The van der Waals surface area contributed by atoms with Crippen molar-refractivity contribution < 1.29 is 14.3 Å². The number of esters is 1. The fourth-order valence-electron chi connectivity index (χ4n) is 8.67. The van der Waals surface area contributed by atoms with Crippen LogP contribution in [-0.2, 0) is 14.3 Å². The predicted octanol–water partition coefficient (Wildman–Crippen LogP) is 5.80. The van der Waals surface area contributed by atoms with Gasteiger partial charge in [-0.05, 0) is 97.7 Å². The minimum atomic E-state index is -0.0617. The number of hydrogen-bond donors (Lipinski definition) is 0. The van der Waals surface area contributed by atoms with E-state index >= 15 is 0 Å². The smallest absolute Gasteiger partial charge is 0.305 e. The van der Waals surface area contributed by atoms with Gasteiger partial charge in [-0.1, -0.05) is 20.8 Å². The van der Waals surface area contributed by atoms with Crippen molar-refractivity contribution in [2.24, 2.45) is 46.3 Å². The van der Waals surface area contributed by atoms with Crippen molar-refractivity contribution in [1.29, 1.82) is 0 Å². The molecular formula is C25H40O3. The van der Waals surface area contributed by atoms with Crippen molar-refractivity contribution in [2.75, 3.05) is 7.11 Å². The first-order chi connectivity index (χ1) is 13.3. The quantitative estimate of drug-likeness (QED) is 0.571. The molecule has 0 saturated heterocycles. The minimum Gasteiger partial charge on any atom is -0.469 e. The lowest BCUT2D eigenvalue weighted by Gasteiger charge is -2.60. The van der Waals surface area contributed by atoms with Crippen molar-refractivity contribution in [2.45, 2.75) is 91.4 Å². The average Bonchev–Trinajstić information content (AvgIpc) is 3.03. The van der Waals surface area contributed by atoms with E-state index in [9.17, 15) is 9.59 Å². The number of methoxy groups -OCH3 is 1. The SMILES string of the molecule is COC(=O)CCC(C)C1CCC2C3CCC4CC(=O)CCC4(C)C3CCC12C.